The standard InChI is InChI=1S/C12H19N3OS/c1-14-6-3-4-9(14)8-15(2)12(16)11-10(13)5-7-17-11/h5,7,9H,3-4,6,8,13H2,1-2H3. The highest BCUT2D eigenvalue weighted by molar-refractivity contribution is 7.12. The molecule has 1 atom stereocenters. The Balaban J connectivity index is 1.98. The lowest BCUT2D eigenvalue weighted by atomic mass is 10.2. The van der Waals surface area contributed by atoms with Gasteiger partial charge in [0.05, 0.1) is 5.69 Å². The smallest absolute Gasteiger partial charge is 0.265 e. The van der Waals surface area contributed by atoms with Crippen molar-refractivity contribution in [3.05, 3.63) is 16.3 Å². The van der Waals surface area contributed by atoms with E-state index in [2.05, 4.69) is 11.9 Å². The summed E-state index contributed by atoms with van der Waals surface area (Å²) >= 11 is 1.41. The zero-order valence-corrected chi connectivity index (χ0v) is 11.2. The Morgan fingerprint density at radius 3 is 3.00 bits per heavy atom. The molecule has 0 spiro atoms. The van der Waals surface area contributed by atoms with E-state index in [1.54, 1.807) is 11.0 Å². The Hall–Kier alpha value is -1.07. The molecule has 1 aromatic rings. The van der Waals surface area contributed by atoms with Crippen molar-refractivity contribution < 1.29 is 4.79 Å². The number of nitrogens with two attached hydrogens (primary N) is 1. The fraction of sp³-hybridized carbons (Fsp3) is 0.583. The minimum Gasteiger partial charge on any atom is -0.397 e. The summed E-state index contributed by atoms with van der Waals surface area (Å²) in [6.45, 7) is 1.92. The normalized spacial score (nSPS) is 20.7. The van der Waals surface area contributed by atoms with E-state index >= 15 is 0 Å². The second-order valence-electron chi connectivity index (χ2n) is 4.67. The number of hydrogen-bond donors (Lipinski definition) is 1. The van der Waals surface area contributed by atoms with E-state index in [4.69, 9.17) is 5.73 Å². The molecule has 1 fully saturated rings. The maximum atomic E-state index is 12.2. The van der Waals surface area contributed by atoms with Crippen molar-refractivity contribution in [2.75, 3.05) is 32.9 Å². The van der Waals surface area contributed by atoms with Crippen LogP contribution in [-0.2, 0) is 0 Å². The molecule has 0 aromatic carbocycles. The van der Waals surface area contributed by atoms with Gasteiger partial charge in [0.2, 0.25) is 0 Å². The molecule has 5 heteroatoms. The molecule has 1 aliphatic heterocycles. The van der Waals surface area contributed by atoms with Crippen molar-refractivity contribution in [1.82, 2.24) is 9.80 Å². The molecule has 4 nitrogen and oxygen atoms in total. The Morgan fingerprint density at radius 1 is 1.71 bits per heavy atom. The van der Waals surface area contributed by atoms with E-state index in [1.807, 2.05) is 12.4 Å². The van der Waals surface area contributed by atoms with Crippen LogP contribution in [0.4, 0.5) is 5.69 Å². The van der Waals surface area contributed by atoms with E-state index < -0.39 is 0 Å². The second kappa shape index (κ2) is 5.06. The van der Waals surface area contributed by atoms with E-state index in [-0.39, 0.29) is 5.91 Å². The van der Waals surface area contributed by atoms with Crippen molar-refractivity contribution in [2.45, 2.75) is 18.9 Å². The van der Waals surface area contributed by atoms with Crippen LogP contribution in [0.3, 0.4) is 0 Å². The monoisotopic (exact) mass is 253 g/mol. The van der Waals surface area contributed by atoms with Gasteiger partial charge in [-0.25, -0.2) is 0 Å². The molecule has 1 aromatic heterocycles. The van der Waals surface area contributed by atoms with Crippen LogP contribution in [0.2, 0.25) is 0 Å². The largest absolute Gasteiger partial charge is 0.397 e. The average molecular weight is 253 g/mol. The van der Waals surface area contributed by atoms with E-state index in [0.29, 0.717) is 16.6 Å². The summed E-state index contributed by atoms with van der Waals surface area (Å²) in [6.07, 6.45) is 2.40. The predicted molar refractivity (Wildman–Crippen MR) is 71.3 cm³/mol. The highest BCUT2D eigenvalue weighted by atomic mass is 32.1. The molecule has 17 heavy (non-hydrogen) atoms. The maximum Gasteiger partial charge on any atom is 0.265 e. The lowest BCUT2D eigenvalue weighted by Crippen LogP contribution is -2.39. The number of likely N-dealkylation sites (N-methyl/N-ethyl adjacent to an activating group) is 2. The van der Waals surface area contributed by atoms with Gasteiger partial charge in [0.15, 0.2) is 0 Å². The fourth-order valence-corrected chi connectivity index (χ4v) is 3.09. The van der Waals surface area contributed by atoms with Gasteiger partial charge in [0.25, 0.3) is 5.91 Å². The maximum absolute atomic E-state index is 12.2. The number of nitrogen functional groups attached to an aromatic ring is 1. The summed E-state index contributed by atoms with van der Waals surface area (Å²) in [5, 5.41) is 1.86. The number of rotatable bonds is 3. The van der Waals surface area contributed by atoms with Crippen LogP contribution in [-0.4, -0.2) is 48.9 Å². The third-order valence-electron chi connectivity index (χ3n) is 3.39. The fourth-order valence-electron chi connectivity index (χ4n) is 2.28. The third kappa shape index (κ3) is 2.61. The van der Waals surface area contributed by atoms with Crippen molar-refractivity contribution in [3.8, 4) is 0 Å². The molecule has 0 saturated carbocycles. The van der Waals surface area contributed by atoms with Crippen LogP contribution in [0.5, 0.6) is 0 Å². The number of likely N-dealkylation sites (tertiary alicyclic amines) is 1. The van der Waals surface area contributed by atoms with E-state index in [1.165, 1.54) is 24.2 Å². The number of hydrogen-bond acceptors (Lipinski definition) is 4. The number of carbonyl (C=O) groups is 1. The summed E-state index contributed by atoms with van der Waals surface area (Å²) in [6, 6.07) is 2.28. The summed E-state index contributed by atoms with van der Waals surface area (Å²) in [7, 11) is 3.98. The third-order valence-corrected chi connectivity index (χ3v) is 4.31. The van der Waals surface area contributed by atoms with Gasteiger partial charge in [0, 0.05) is 19.6 Å². The summed E-state index contributed by atoms with van der Waals surface area (Å²) in [4.78, 5) is 16.9. The van der Waals surface area contributed by atoms with Crippen LogP contribution >= 0.6 is 11.3 Å². The molecule has 0 radical (unpaired) electrons. The highest BCUT2D eigenvalue weighted by Crippen LogP contribution is 2.22. The molecule has 1 aliphatic rings. The molecule has 1 amide bonds. The Bertz CT molecular complexity index is 404. The molecule has 2 heterocycles. The van der Waals surface area contributed by atoms with Gasteiger partial charge in [-0.15, -0.1) is 11.3 Å². The van der Waals surface area contributed by atoms with Gasteiger partial charge in [-0.2, -0.15) is 0 Å². The second-order valence-corrected chi connectivity index (χ2v) is 5.58. The van der Waals surface area contributed by atoms with Gasteiger partial charge in [-0.3, -0.25) is 4.79 Å². The SMILES string of the molecule is CN(CC1CCCN1C)C(=O)c1sccc1N. The predicted octanol–water partition coefficient (Wildman–Crippen LogP) is 1.50. The van der Waals surface area contributed by atoms with Gasteiger partial charge in [0.1, 0.15) is 4.88 Å². The summed E-state index contributed by atoms with van der Waals surface area (Å²) in [5.41, 5.74) is 6.36. The Kier molecular flexibility index (Phi) is 3.69. The first-order chi connectivity index (χ1) is 8.09. The van der Waals surface area contributed by atoms with Crippen molar-refractivity contribution in [2.24, 2.45) is 0 Å². The lowest BCUT2D eigenvalue weighted by molar-refractivity contribution is 0.0767. The molecule has 0 aliphatic carbocycles. The number of nitrogens with zero attached hydrogens (tertiary/aromatic N) is 2. The number of anilines is 1. The molecule has 2 rings (SSSR count). The Labute approximate surface area is 106 Å². The minimum atomic E-state index is 0.0396. The molecular formula is C12H19N3OS. The zero-order valence-electron chi connectivity index (χ0n) is 10.3. The number of amides is 1. The van der Waals surface area contributed by atoms with Crippen LogP contribution in [0, 0.1) is 0 Å². The van der Waals surface area contributed by atoms with Gasteiger partial charge >= 0.3 is 0 Å². The van der Waals surface area contributed by atoms with Crippen LogP contribution in [0.1, 0.15) is 22.5 Å². The van der Waals surface area contributed by atoms with Crippen LogP contribution < -0.4 is 5.73 Å². The molecule has 2 N–H and O–H groups in total. The first-order valence-electron chi connectivity index (χ1n) is 5.88. The first-order valence-corrected chi connectivity index (χ1v) is 6.76. The number of carbonyl (C=O) groups excluding carboxylic acids is 1. The van der Waals surface area contributed by atoms with Gasteiger partial charge < -0.3 is 15.5 Å². The van der Waals surface area contributed by atoms with E-state index in [0.717, 1.165) is 13.1 Å². The van der Waals surface area contributed by atoms with Crippen LogP contribution in [0.25, 0.3) is 0 Å². The van der Waals surface area contributed by atoms with Crippen LogP contribution in [0.15, 0.2) is 11.4 Å². The average Bonchev–Trinajstić information content (AvgIpc) is 2.88. The summed E-state index contributed by atoms with van der Waals surface area (Å²) in [5.74, 6) is 0.0396. The molecule has 94 valence electrons. The summed E-state index contributed by atoms with van der Waals surface area (Å²) < 4.78 is 0. The highest BCUT2D eigenvalue weighted by Gasteiger charge is 2.25. The first kappa shape index (κ1) is 12.4. The van der Waals surface area contributed by atoms with Crippen molar-refractivity contribution in [1.29, 1.82) is 0 Å². The quantitative estimate of drug-likeness (QED) is 0.888. The zero-order chi connectivity index (χ0) is 12.4. The van der Waals surface area contributed by atoms with E-state index in [9.17, 15) is 4.79 Å². The molecule has 1 saturated heterocycles. The van der Waals surface area contributed by atoms with Gasteiger partial charge in [-0.1, -0.05) is 0 Å². The number of thiophene rings is 1. The lowest BCUT2D eigenvalue weighted by Gasteiger charge is -2.25. The molecule has 0 bridgehead atoms. The Morgan fingerprint density at radius 2 is 2.47 bits per heavy atom. The minimum absolute atomic E-state index is 0.0396. The topological polar surface area (TPSA) is 49.6 Å². The van der Waals surface area contributed by atoms with Crippen molar-refractivity contribution in [3.63, 3.8) is 0 Å². The van der Waals surface area contributed by atoms with Crippen molar-refractivity contribution >= 4 is 22.9 Å². The molecular weight excluding hydrogens is 234 g/mol. The molecule has 1 unspecified atom stereocenters. The van der Waals surface area contributed by atoms with Gasteiger partial charge in [-0.05, 0) is 37.9 Å².